The molecule has 1 amide bonds. The van der Waals surface area contributed by atoms with Crippen LogP contribution >= 0.6 is 39.1 Å². The Bertz CT molecular complexity index is 937. The monoisotopic (exact) mass is 436 g/mol. The second-order valence-electron chi connectivity index (χ2n) is 5.03. The number of carbonyl (C=O) groups excluding carboxylic acids is 1. The summed E-state index contributed by atoms with van der Waals surface area (Å²) >= 11 is 15.2. The zero-order valence-electron chi connectivity index (χ0n) is 12.7. The Balaban J connectivity index is 1.66. The summed E-state index contributed by atoms with van der Waals surface area (Å²) in [4.78, 5) is 12.0. The minimum atomic E-state index is -0.433. The van der Waals surface area contributed by atoms with E-state index in [4.69, 9.17) is 27.6 Å². The van der Waals surface area contributed by atoms with Gasteiger partial charge in [0.2, 0.25) is 0 Å². The molecule has 3 rings (SSSR count). The first-order valence-corrected chi connectivity index (χ1v) is 8.72. The SMILES string of the molecule is O=C(N/N=C/c1ccc(-c2ccc(Br)cc2)o1)c1ccc(Cl)cc1Cl. The van der Waals surface area contributed by atoms with E-state index in [1.54, 1.807) is 12.1 Å². The maximum Gasteiger partial charge on any atom is 0.272 e. The first-order valence-electron chi connectivity index (χ1n) is 7.17. The fourth-order valence-corrected chi connectivity index (χ4v) is 2.84. The normalized spacial score (nSPS) is 11.0. The number of furan rings is 1. The van der Waals surface area contributed by atoms with Crippen LogP contribution in [0, 0.1) is 0 Å². The summed E-state index contributed by atoms with van der Waals surface area (Å²) in [5.74, 6) is 0.791. The molecule has 4 nitrogen and oxygen atoms in total. The van der Waals surface area contributed by atoms with Gasteiger partial charge in [0.15, 0.2) is 0 Å². The summed E-state index contributed by atoms with van der Waals surface area (Å²) in [5, 5.41) is 4.60. The highest BCUT2D eigenvalue weighted by Gasteiger charge is 2.10. The van der Waals surface area contributed by atoms with Crippen LogP contribution in [0.5, 0.6) is 0 Å². The standard InChI is InChI=1S/C18H11BrCl2N2O2/c19-12-3-1-11(2-4-12)17-8-6-14(25-17)10-22-23-18(24)15-7-5-13(20)9-16(15)21/h1-10H,(H,23,24)/b22-10+. The lowest BCUT2D eigenvalue weighted by Gasteiger charge is -2.02. The molecule has 1 aromatic heterocycles. The zero-order valence-corrected chi connectivity index (χ0v) is 15.8. The topological polar surface area (TPSA) is 54.6 Å². The number of hydrogen-bond acceptors (Lipinski definition) is 3. The summed E-state index contributed by atoms with van der Waals surface area (Å²) in [5.41, 5.74) is 3.64. The van der Waals surface area contributed by atoms with Gasteiger partial charge in [-0.3, -0.25) is 4.79 Å². The van der Waals surface area contributed by atoms with Gasteiger partial charge >= 0.3 is 0 Å². The average Bonchev–Trinajstić information content (AvgIpc) is 3.04. The molecule has 0 saturated heterocycles. The summed E-state index contributed by atoms with van der Waals surface area (Å²) in [7, 11) is 0. The molecule has 0 atom stereocenters. The van der Waals surface area contributed by atoms with Crippen molar-refractivity contribution in [3.8, 4) is 11.3 Å². The molecule has 0 aliphatic rings. The third-order valence-corrected chi connectivity index (χ3v) is 4.37. The van der Waals surface area contributed by atoms with E-state index in [0.29, 0.717) is 22.1 Å². The molecule has 0 bridgehead atoms. The van der Waals surface area contributed by atoms with Crippen LogP contribution in [0.25, 0.3) is 11.3 Å². The molecule has 1 N–H and O–H groups in total. The van der Waals surface area contributed by atoms with Crippen LogP contribution in [0.4, 0.5) is 0 Å². The van der Waals surface area contributed by atoms with Crippen molar-refractivity contribution in [2.24, 2.45) is 5.10 Å². The van der Waals surface area contributed by atoms with E-state index in [2.05, 4.69) is 26.5 Å². The van der Waals surface area contributed by atoms with E-state index in [9.17, 15) is 4.79 Å². The lowest BCUT2D eigenvalue weighted by atomic mass is 10.2. The Labute approximate surface area is 162 Å². The number of rotatable bonds is 4. The third-order valence-electron chi connectivity index (χ3n) is 3.29. The van der Waals surface area contributed by atoms with Crippen LogP contribution in [-0.2, 0) is 0 Å². The van der Waals surface area contributed by atoms with Gasteiger partial charge in [-0.25, -0.2) is 5.43 Å². The van der Waals surface area contributed by atoms with E-state index in [1.807, 2.05) is 30.3 Å². The lowest BCUT2D eigenvalue weighted by Crippen LogP contribution is -2.17. The Morgan fingerprint density at radius 2 is 1.84 bits per heavy atom. The second kappa shape index (κ2) is 7.87. The van der Waals surface area contributed by atoms with Gasteiger partial charge in [-0.15, -0.1) is 0 Å². The predicted molar refractivity (Wildman–Crippen MR) is 103 cm³/mol. The van der Waals surface area contributed by atoms with Crippen LogP contribution in [0.15, 0.2) is 68.6 Å². The summed E-state index contributed by atoms with van der Waals surface area (Å²) in [6.45, 7) is 0. The van der Waals surface area contributed by atoms with Gasteiger partial charge in [0.1, 0.15) is 11.5 Å². The smallest absolute Gasteiger partial charge is 0.272 e. The summed E-state index contributed by atoms with van der Waals surface area (Å²) < 4.78 is 6.67. The van der Waals surface area contributed by atoms with Gasteiger partial charge in [0.05, 0.1) is 16.8 Å². The first kappa shape index (κ1) is 17.7. The quantitative estimate of drug-likeness (QED) is 0.415. The highest BCUT2D eigenvalue weighted by Crippen LogP contribution is 2.23. The van der Waals surface area contributed by atoms with Crippen LogP contribution < -0.4 is 5.43 Å². The molecule has 0 unspecified atom stereocenters. The van der Waals surface area contributed by atoms with Crippen molar-refractivity contribution in [2.45, 2.75) is 0 Å². The molecule has 0 saturated carbocycles. The fourth-order valence-electron chi connectivity index (χ4n) is 2.08. The van der Waals surface area contributed by atoms with Crippen molar-refractivity contribution in [3.05, 3.63) is 80.4 Å². The highest BCUT2D eigenvalue weighted by molar-refractivity contribution is 9.10. The summed E-state index contributed by atoms with van der Waals surface area (Å²) in [6, 6.07) is 16.0. The van der Waals surface area contributed by atoms with Gasteiger partial charge in [0, 0.05) is 15.1 Å². The number of halogens is 3. The Hall–Kier alpha value is -2.08. The van der Waals surface area contributed by atoms with Crippen LogP contribution in [0.1, 0.15) is 16.1 Å². The van der Waals surface area contributed by atoms with Crippen LogP contribution in [-0.4, -0.2) is 12.1 Å². The van der Waals surface area contributed by atoms with Gasteiger partial charge in [-0.05, 0) is 42.5 Å². The molecule has 126 valence electrons. The van der Waals surface area contributed by atoms with Crippen molar-refractivity contribution in [1.82, 2.24) is 5.43 Å². The second-order valence-corrected chi connectivity index (χ2v) is 6.79. The van der Waals surface area contributed by atoms with E-state index >= 15 is 0 Å². The number of hydrogen-bond donors (Lipinski definition) is 1. The largest absolute Gasteiger partial charge is 0.455 e. The minimum Gasteiger partial charge on any atom is -0.455 e. The number of carbonyl (C=O) groups is 1. The predicted octanol–water partition coefficient (Wildman–Crippen LogP) is 5.78. The van der Waals surface area contributed by atoms with Crippen LogP contribution in [0.3, 0.4) is 0 Å². The minimum absolute atomic E-state index is 0.260. The van der Waals surface area contributed by atoms with Crippen molar-refractivity contribution >= 4 is 51.3 Å². The van der Waals surface area contributed by atoms with E-state index < -0.39 is 5.91 Å². The molecule has 0 aliphatic carbocycles. The molecule has 0 fully saturated rings. The number of hydrazone groups is 1. The molecule has 1 heterocycles. The Morgan fingerprint density at radius 1 is 1.08 bits per heavy atom. The molecular weight excluding hydrogens is 427 g/mol. The molecular formula is C18H11BrCl2N2O2. The molecule has 2 aromatic carbocycles. The number of amides is 1. The number of nitrogens with zero attached hydrogens (tertiary/aromatic N) is 1. The molecule has 3 aromatic rings. The van der Waals surface area contributed by atoms with Gasteiger partial charge in [-0.2, -0.15) is 5.10 Å². The van der Waals surface area contributed by atoms with Crippen molar-refractivity contribution < 1.29 is 9.21 Å². The van der Waals surface area contributed by atoms with Gasteiger partial charge in [0.25, 0.3) is 5.91 Å². The number of nitrogens with one attached hydrogen (secondary N) is 1. The zero-order chi connectivity index (χ0) is 17.8. The Morgan fingerprint density at radius 3 is 2.56 bits per heavy atom. The van der Waals surface area contributed by atoms with Crippen molar-refractivity contribution in [2.75, 3.05) is 0 Å². The lowest BCUT2D eigenvalue weighted by molar-refractivity contribution is 0.0955. The van der Waals surface area contributed by atoms with E-state index in [-0.39, 0.29) is 5.02 Å². The average molecular weight is 438 g/mol. The van der Waals surface area contributed by atoms with E-state index in [1.165, 1.54) is 18.3 Å². The van der Waals surface area contributed by atoms with Crippen molar-refractivity contribution in [1.29, 1.82) is 0 Å². The molecule has 0 spiro atoms. The molecule has 25 heavy (non-hydrogen) atoms. The maximum atomic E-state index is 12.0. The Kier molecular flexibility index (Phi) is 5.58. The number of benzene rings is 2. The van der Waals surface area contributed by atoms with Crippen molar-refractivity contribution in [3.63, 3.8) is 0 Å². The third kappa shape index (κ3) is 4.51. The van der Waals surface area contributed by atoms with Gasteiger partial charge < -0.3 is 4.42 Å². The highest BCUT2D eigenvalue weighted by atomic mass is 79.9. The molecule has 0 radical (unpaired) electrons. The van der Waals surface area contributed by atoms with E-state index in [0.717, 1.165) is 10.0 Å². The van der Waals surface area contributed by atoms with Gasteiger partial charge in [-0.1, -0.05) is 51.3 Å². The molecule has 7 heteroatoms. The van der Waals surface area contributed by atoms with Crippen LogP contribution in [0.2, 0.25) is 10.0 Å². The molecule has 0 aliphatic heterocycles. The first-order chi connectivity index (χ1) is 12.0. The fraction of sp³-hybridized carbons (Fsp3) is 0. The maximum absolute atomic E-state index is 12.0. The summed E-state index contributed by atoms with van der Waals surface area (Å²) in [6.07, 6.45) is 1.42.